The molecule has 0 saturated heterocycles. The summed E-state index contributed by atoms with van der Waals surface area (Å²) in [7, 11) is 0. The Morgan fingerprint density at radius 1 is 1.07 bits per heavy atom. The van der Waals surface area contributed by atoms with E-state index in [1.807, 2.05) is 31.2 Å². The number of aryl methyl sites for hydroxylation is 1. The number of hydrogen-bond donors (Lipinski definition) is 2. The van der Waals surface area contributed by atoms with Crippen LogP contribution in [0.1, 0.15) is 31.9 Å². The maximum Gasteiger partial charge on any atom is 0.315 e. The molecule has 0 unspecified atom stereocenters. The number of amidine groups is 1. The third-order valence-corrected chi connectivity index (χ3v) is 4.97. The van der Waals surface area contributed by atoms with Gasteiger partial charge in [0.25, 0.3) is 6.02 Å². The molecule has 27 heavy (non-hydrogen) atoms. The number of ether oxygens (including phenoxy) is 1. The van der Waals surface area contributed by atoms with Crippen molar-refractivity contribution in [2.75, 3.05) is 5.32 Å². The second-order valence-corrected chi connectivity index (χ2v) is 7.35. The Bertz CT molecular complexity index is 911. The molecule has 7 heteroatoms. The van der Waals surface area contributed by atoms with E-state index in [2.05, 4.69) is 10.3 Å². The number of hydrogen-bond acceptors (Lipinski definition) is 4. The summed E-state index contributed by atoms with van der Waals surface area (Å²) in [6.07, 6.45) is 0. The van der Waals surface area contributed by atoms with Crippen molar-refractivity contribution in [1.82, 2.24) is 0 Å². The number of halogens is 3. The molecule has 0 fully saturated rings. The molecule has 0 saturated carbocycles. The van der Waals surface area contributed by atoms with Crippen molar-refractivity contribution in [3.8, 4) is 0 Å². The van der Waals surface area contributed by atoms with Crippen molar-refractivity contribution < 1.29 is 17.9 Å². The second kappa shape index (κ2) is 6.18. The van der Waals surface area contributed by atoms with Crippen LogP contribution in [0, 0.1) is 12.7 Å². The molecule has 1 heterocycles. The summed E-state index contributed by atoms with van der Waals surface area (Å²) < 4.78 is 50.3. The molecule has 2 aromatic carbocycles. The lowest BCUT2D eigenvalue weighted by atomic mass is 9.78. The number of nitrogens with zero attached hydrogens (tertiary/aromatic N) is 1. The molecule has 3 rings (SSSR count). The molecule has 3 N–H and O–H groups in total. The number of nitrogens with one attached hydrogen (secondary N) is 1. The zero-order valence-electron chi connectivity index (χ0n) is 15.6. The van der Waals surface area contributed by atoms with Crippen molar-refractivity contribution in [2.24, 2.45) is 10.7 Å². The zero-order chi connectivity index (χ0) is 20.0. The highest BCUT2D eigenvalue weighted by atomic mass is 19.3. The van der Waals surface area contributed by atoms with E-state index in [4.69, 9.17) is 10.5 Å². The standard InChI is InChI=1S/C20H22F3N3O/c1-12-7-5-6-8-16(12)25-13-9-10-15(21)14(11-13)19(4)20(22,23)18(2,3)26-17(24)27-19/h5-11,25H,1-4H3,(H2,24,26)/t19-/m1/s1. The fourth-order valence-corrected chi connectivity index (χ4v) is 3.29. The van der Waals surface area contributed by atoms with Gasteiger partial charge in [-0.25, -0.2) is 9.38 Å². The van der Waals surface area contributed by atoms with Crippen LogP contribution in [0.5, 0.6) is 0 Å². The summed E-state index contributed by atoms with van der Waals surface area (Å²) >= 11 is 0. The Balaban J connectivity index is 2.09. The number of anilines is 2. The SMILES string of the molecule is Cc1ccccc1Nc1ccc(F)c([C@@]2(C)OC(N)=NC(C)(C)C2(F)F)c1. The molecule has 1 aliphatic heterocycles. The maximum absolute atomic E-state index is 15.2. The molecule has 0 radical (unpaired) electrons. The number of alkyl halides is 2. The summed E-state index contributed by atoms with van der Waals surface area (Å²) in [4.78, 5) is 3.70. The first-order chi connectivity index (χ1) is 12.5. The van der Waals surface area contributed by atoms with Crippen molar-refractivity contribution in [1.29, 1.82) is 0 Å². The van der Waals surface area contributed by atoms with E-state index < -0.39 is 28.9 Å². The maximum atomic E-state index is 15.2. The van der Waals surface area contributed by atoms with Gasteiger partial charge < -0.3 is 15.8 Å². The Labute approximate surface area is 156 Å². The van der Waals surface area contributed by atoms with E-state index in [9.17, 15) is 4.39 Å². The predicted molar refractivity (Wildman–Crippen MR) is 99.9 cm³/mol. The van der Waals surface area contributed by atoms with Gasteiger partial charge in [0.15, 0.2) is 0 Å². The van der Waals surface area contributed by atoms with Gasteiger partial charge >= 0.3 is 5.92 Å². The summed E-state index contributed by atoms with van der Waals surface area (Å²) in [5, 5.41) is 3.13. The van der Waals surface area contributed by atoms with Crippen molar-refractivity contribution in [3.63, 3.8) is 0 Å². The number of rotatable bonds is 3. The number of aliphatic imine (C=N–C) groups is 1. The molecule has 2 aromatic rings. The molecule has 4 nitrogen and oxygen atoms in total. The normalized spacial score (nSPS) is 23.3. The molecule has 1 atom stereocenters. The average Bonchev–Trinajstić information content (AvgIpc) is 2.56. The Morgan fingerprint density at radius 3 is 2.41 bits per heavy atom. The topological polar surface area (TPSA) is 59.6 Å². The van der Waals surface area contributed by atoms with E-state index in [1.165, 1.54) is 26.0 Å². The van der Waals surface area contributed by atoms with E-state index in [0.29, 0.717) is 5.69 Å². The van der Waals surface area contributed by atoms with Crippen LogP contribution in [0.25, 0.3) is 0 Å². The van der Waals surface area contributed by atoms with Gasteiger partial charge in [-0.1, -0.05) is 18.2 Å². The van der Waals surface area contributed by atoms with E-state index in [-0.39, 0.29) is 5.56 Å². The van der Waals surface area contributed by atoms with Crippen LogP contribution in [-0.4, -0.2) is 17.5 Å². The predicted octanol–water partition coefficient (Wildman–Crippen LogP) is 4.85. The van der Waals surface area contributed by atoms with Crippen LogP contribution in [0.15, 0.2) is 47.5 Å². The highest BCUT2D eigenvalue weighted by Gasteiger charge is 2.66. The third kappa shape index (κ3) is 3.01. The summed E-state index contributed by atoms with van der Waals surface area (Å²) in [5.74, 6) is -4.32. The summed E-state index contributed by atoms with van der Waals surface area (Å²) in [6, 6.07) is 11.0. The van der Waals surface area contributed by atoms with E-state index in [0.717, 1.165) is 24.2 Å². The average molecular weight is 377 g/mol. The number of nitrogens with two attached hydrogens (primary N) is 1. The minimum absolute atomic E-state index is 0.294. The van der Waals surface area contributed by atoms with E-state index in [1.54, 1.807) is 0 Å². The molecule has 0 aromatic heterocycles. The molecule has 0 bridgehead atoms. The van der Waals surface area contributed by atoms with Gasteiger partial charge in [0, 0.05) is 16.9 Å². The van der Waals surface area contributed by atoms with Gasteiger partial charge in [-0.15, -0.1) is 0 Å². The highest BCUT2D eigenvalue weighted by molar-refractivity contribution is 5.74. The van der Waals surface area contributed by atoms with Gasteiger partial charge in [-0.3, -0.25) is 0 Å². The first-order valence-electron chi connectivity index (χ1n) is 8.53. The first-order valence-corrected chi connectivity index (χ1v) is 8.53. The molecule has 0 aliphatic carbocycles. The van der Waals surface area contributed by atoms with Crippen LogP contribution in [0.4, 0.5) is 24.5 Å². The lowest BCUT2D eigenvalue weighted by molar-refractivity contribution is -0.215. The molecule has 0 spiro atoms. The van der Waals surface area contributed by atoms with Crippen LogP contribution in [0.3, 0.4) is 0 Å². The van der Waals surface area contributed by atoms with Crippen molar-refractivity contribution in [2.45, 2.75) is 44.8 Å². The molecular formula is C20H22F3N3O. The minimum Gasteiger partial charge on any atom is -0.448 e. The van der Waals surface area contributed by atoms with Crippen LogP contribution in [0.2, 0.25) is 0 Å². The van der Waals surface area contributed by atoms with Gasteiger partial charge in [0.2, 0.25) is 5.60 Å². The van der Waals surface area contributed by atoms with Gasteiger partial charge in [-0.05, 0) is 57.5 Å². The second-order valence-electron chi connectivity index (χ2n) is 7.35. The van der Waals surface area contributed by atoms with E-state index >= 15 is 8.78 Å². The first kappa shape index (κ1) is 19.1. The van der Waals surface area contributed by atoms with Gasteiger partial charge in [-0.2, -0.15) is 8.78 Å². The fourth-order valence-electron chi connectivity index (χ4n) is 3.29. The quantitative estimate of drug-likeness (QED) is 0.804. The fraction of sp³-hybridized carbons (Fsp3) is 0.350. The minimum atomic E-state index is -3.51. The summed E-state index contributed by atoms with van der Waals surface area (Å²) in [6.45, 7) is 5.53. The Kier molecular flexibility index (Phi) is 4.37. The van der Waals surface area contributed by atoms with Gasteiger partial charge in [0.05, 0.1) is 0 Å². The van der Waals surface area contributed by atoms with Crippen LogP contribution < -0.4 is 11.1 Å². The monoisotopic (exact) mass is 377 g/mol. The zero-order valence-corrected chi connectivity index (χ0v) is 15.6. The Morgan fingerprint density at radius 2 is 1.74 bits per heavy atom. The molecular weight excluding hydrogens is 355 g/mol. The molecule has 0 amide bonds. The lowest BCUT2D eigenvalue weighted by Gasteiger charge is -2.47. The molecule has 144 valence electrons. The largest absolute Gasteiger partial charge is 0.448 e. The smallest absolute Gasteiger partial charge is 0.315 e. The van der Waals surface area contributed by atoms with Gasteiger partial charge in [0.1, 0.15) is 11.4 Å². The highest BCUT2D eigenvalue weighted by Crippen LogP contribution is 2.51. The number of benzene rings is 2. The molecule has 1 aliphatic rings. The lowest BCUT2D eigenvalue weighted by Crippen LogP contribution is -2.62. The summed E-state index contributed by atoms with van der Waals surface area (Å²) in [5.41, 5.74) is 3.39. The number of para-hydroxylation sites is 1. The Hall–Kier alpha value is -2.70. The third-order valence-electron chi connectivity index (χ3n) is 4.97. The van der Waals surface area contributed by atoms with Crippen molar-refractivity contribution in [3.05, 3.63) is 59.4 Å². The van der Waals surface area contributed by atoms with Crippen molar-refractivity contribution >= 4 is 17.4 Å². The van der Waals surface area contributed by atoms with Crippen LogP contribution >= 0.6 is 0 Å². The van der Waals surface area contributed by atoms with Crippen LogP contribution in [-0.2, 0) is 10.3 Å².